The molecule has 0 unspecified atom stereocenters. The van der Waals surface area contributed by atoms with Gasteiger partial charge in [-0.15, -0.1) is 22.7 Å². The summed E-state index contributed by atoms with van der Waals surface area (Å²) in [6.07, 6.45) is 0. The summed E-state index contributed by atoms with van der Waals surface area (Å²) in [5, 5.41) is 2.06. The topological polar surface area (TPSA) is 38.2 Å². The number of nitrogens with zero attached hydrogens (tertiary/aromatic N) is 3. The first-order chi connectivity index (χ1) is 24.7. The van der Waals surface area contributed by atoms with Crippen LogP contribution in [0.1, 0.15) is 0 Å². The lowest BCUT2D eigenvalue weighted by molar-refractivity contribution is 0.477. The zero-order valence-electron chi connectivity index (χ0n) is 26.7. The van der Waals surface area contributed by atoms with E-state index >= 15 is 0 Å². The molecule has 0 saturated heterocycles. The van der Waals surface area contributed by atoms with E-state index in [0.29, 0.717) is 0 Å². The van der Waals surface area contributed by atoms with Gasteiger partial charge in [0.2, 0.25) is 0 Å². The third-order valence-electron chi connectivity index (χ3n) is 9.15. The molecule has 1 aliphatic rings. The second-order valence-corrected chi connectivity index (χ2v) is 14.3. The largest absolute Gasteiger partial charge is 0.453 e. The molecule has 0 aliphatic carbocycles. The van der Waals surface area contributed by atoms with E-state index in [4.69, 9.17) is 14.7 Å². The van der Waals surface area contributed by atoms with Gasteiger partial charge in [-0.25, -0.2) is 9.97 Å². The highest BCUT2D eigenvalue weighted by Crippen LogP contribution is 2.52. The Morgan fingerprint density at radius 3 is 1.30 bits per heavy atom. The minimum Gasteiger partial charge on any atom is -0.453 e. The molecule has 10 rings (SSSR count). The number of fused-ring (bicyclic) bond motifs is 4. The number of para-hydroxylation sites is 3. The van der Waals surface area contributed by atoms with E-state index in [1.165, 1.54) is 9.40 Å². The fourth-order valence-electron chi connectivity index (χ4n) is 6.63. The van der Waals surface area contributed by atoms with Crippen molar-refractivity contribution in [2.75, 3.05) is 4.90 Å². The maximum atomic E-state index is 6.75. The van der Waals surface area contributed by atoms with Crippen LogP contribution in [0.15, 0.2) is 164 Å². The number of ether oxygens (including phenoxy) is 1. The number of rotatable bonds is 5. The van der Waals surface area contributed by atoms with E-state index in [1.54, 1.807) is 22.7 Å². The minimum absolute atomic E-state index is 0.817. The molecule has 6 heteroatoms. The normalized spacial score (nSPS) is 12.1. The van der Waals surface area contributed by atoms with Crippen molar-refractivity contribution in [2.45, 2.75) is 0 Å². The minimum atomic E-state index is 0.817. The molecular formula is C44H27N3OS2. The van der Waals surface area contributed by atoms with E-state index in [1.807, 2.05) is 18.2 Å². The number of hydrogen-bond acceptors (Lipinski definition) is 6. The molecule has 0 spiro atoms. The van der Waals surface area contributed by atoms with Crippen molar-refractivity contribution in [1.82, 2.24) is 9.97 Å². The van der Waals surface area contributed by atoms with E-state index in [9.17, 15) is 0 Å². The molecule has 0 amide bonds. The molecule has 3 heterocycles. The summed E-state index contributed by atoms with van der Waals surface area (Å²) in [5.41, 5.74) is 11.9. The number of thiazole rings is 2. The molecular weight excluding hydrogens is 651 g/mol. The second kappa shape index (κ2) is 11.8. The Morgan fingerprint density at radius 1 is 0.400 bits per heavy atom. The van der Waals surface area contributed by atoms with Gasteiger partial charge in [0, 0.05) is 16.8 Å². The van der Waals surface area contributed by atoms with Crippen LogP contribution in [0.2, 0.25) is 0 Å². The lowest BCUT2D eigenvalue weighted by Crippen LogP contribution is -2.15. The Bertz CT molecular complexity index is 2450. The fourth-order valence-corrected chi connectivity index (χ4v) is 8.57. The molecule has 0 N–H and O–H groups in total. The van der Waals surface area contributed by atoms with E-state index < -0.39 is 0 Å². The van der Waals surface area contributed by atoms with Crippen molar-refractivity contribution < 1.29 is 4.74 Å². The van der Waals surface area contributed by atoms with Crippen LogP contribution in [0.5, 0.6) is 11.5 Å². The highest BCUT2D eigenvalue weighted by molar-refractivity contribution is 7.22. The SMILES string of the molecule is c1ccc(N2c3ccc(-c4ccc(-c5nc6ccccc6s5)cc4)cc3Oc3cc(-c4ccc(-c5nc6ccccc6s5)cc4)ccc32)cc1. The predicted molar refractivity (Wildman–Crippen MR) is 209 cm³/mol. The van der Waals surface area contributed by atoms with Gasteiger partial charge >= 0.3 is 0 Å². The van der Waals surface area contributed by atoms with Crippen LogP contribution in [-0.2, 0) is 0 Å². The Morgan fingerprint density at radius 2 is 0.820 bits per heavy atom. The van der Waals surface area contributed by atoms with Crippen molar-refractivity contribution in [3.05, 3.63) is 164 Å². The third kappa shape index (κ3) is 5.05. The molecule has 9 aromatic rings. The van der Waals surface area contributed by atoms with Crippen molar-refractivity contribution in [3.63, 3.8) is 0 Å². The molecule has 0 radical (unpaired) electrons. The Balaban J connectivity index is 0.989. The highest BCUT2D eigenvalue weighted by atomic mass is 32.1. The molecule has 4 nitrogen and oxygen atoms in total. The molecule has 0 atom stereocenters. The summed E-state index contributed by atoms with van der Waals surface area (Å²) in [6, 6.07) is 57.4. The summed E-state index contributed by atoms with van der Waals surface area (Å²) < 4.78 is 9.15. The lowest BCUT2D eigenvalue weighted by Gasteiger charge is -2.33. The zero-order valence-corrected chi connectivity index (χ0v) is 28.3. The van der Waals surface area contributed by atoms with E-state index in [2.05, 4.69) is 150 Å². The van der Waals surface area contributed by atoms with Crippen LogP contribution in [-0.4, -0.2) is 9.97 Å². The van der Waals surface area contributed by atoms with Crippen LogP contribution in [0.25, 0.3) is 63.8 Å². The molecule has 0 bridgehead atoms. The van der Waals surface area contributed by atoms with Gasteiger partial charge in [0.05, 0.1) is 31.8 Å². The Kier molecular flexibility index (Phi) is 6.82. The average molecular weight is 678 g/mol. The molecule has 50 heavy (non-hydrogen) atoms. The van der Waals surface area contributed by atoms with E-state index in [0.717, 1.165) is 83.0 Å². The Hall–Kier alpha value is -6.08. The first kappa shape index (κ1) is 28.9. The second-order valence-electron chi connectivity index (χ2n) is 12.3. The summed E-state index contributed by atoms with van der Waals surface area (Å²) in [5.74, 6) is 1.63. The maximum absolute atomic E-state index is 6.75. The van der Waals surface area contributed by atoms with E-state index in [-0.39, 0.29) is 0 Å². The molecule has 7 aromatic carbocycles. The van der Waals surface area contributed by atoms with Gasteiger partial charge in [-0.05, 0) is 82.9 Å². The van der Waals surface area contributed by atoms with Crippen molar-refractivity contribution >= 4 is 60.2 Å². The zero-order chi connectivity index (χ0) is 33.0. The Labute approximate surface area is 297 Å². The van der Waals surface area contributed by atoms with Crippen molar-refractivity contribution in [3.8, 4) is 54.9 Å². The van der Waals surface area contributed by atoms with Crippen LogP contribution in [0.4, 0.5) is 17.1 Å². The number of benzene rings is 7. The molecule has 1 aliphatic heterocycles. The van der Waals surface area contributed by atoms with Gasteiger partial charge < -0.3 is 9.64 Å². The molecule has 2 aromatic heterocycles. The summed E-state index contributed by atoms with van der Waals surface area (Å²) in [6.45, 7) is 0. The first-order valence-corrected chi connectivity index (χ1v) is 18.1. The lowest BCUT2D eigenvalue weighted by atomic mass is 10.00. The van der Waals surface area contributed by atoms with Gasteiger partial charge in [0.25, 0.3) is 0 Å². The quantitative estimate of drug-likeness (QED) is 0.182. The summed E-state index contributed by atoms with van der Waals surface area (Å²) >= 11 is 3.45. The third-order valence-corrected chi connectivity index (χ3v) is 11.3. The number of hydrogen-bond donors (Lipinski definition) is 0. The van der Waals surface area contributed by atoms with Crippen molar-refractivity contribution in [1.29, 1.82) is 0 Å². The highest BCUT2D eigenvalue weighted by Gasteiger charge is 2.27. The van der Waals surface area contributed by atoms with Crippen molar-refractivity contribution in [2.24, 2.45) is 0 Å². The fraction of sp³-hybridized carbons (Fsp3) is 0. The van der Waals surface area contributed by atoms with Crippen LogP contribution in [0, 0.1) is 0 Å². The number of anilines is 3. The number of aromatic nitrogens is 2. The van der Waals surface area contributed by atoms with Gasteiger partial charge in [0.1, 0.15) is 10.0 Å². The average Bonchev–Trinajstić information content (AvgIpc) is 3.82. The standard InChI is InChI=1S/C44H27N3OS2/c1-2-8-34(9-3-1)47-37-24-22-32(28-14-18-30(19-15-28)43-45-35-10-4-6-12-41(35)49-43)26-39(37)48-40-27-33(23-25-38(40)47)29-16-20-31(21-17-29)44-46-36-11-5-7-13-42(36)50-44/h1-27H. The van der Waals surface area contributed by atoms with Gasteiger partial charge in [-0.1, -0.05) is 103 Å². The van der Waals surface area contributed by atoms with Gasteiger partial charge in [-0.3, -0.25) is 0 Å². The smallest absolute Gasteiger partial charge is 0.152 e. The first-order valence-electron chi connectivity index (χ1n) is 16.5. The predicted octanol–water partition coefficient (Wildman–Crippen LogP) is 13.1. The maximum Gasteiger partial charge on any atom is 0.152 e. The molecule has 236 valence electrons. The monoisotopic (exact) mass is 677 g/mol. The van der Waals surface area contributed by atoms with Gasteiger partial charge in [0.15, 0.2) is 11.5 Å². The van der Waals surface area contributed by atoms with Crippen LogP contribution >= 0.6 is 22.7 Å². The van der Waals surface area contributed by atoms with Crippen LogP contribution in [0.3, 0.4) is 0 Å². The van der Waals surface area contributed by atoms with Crippen LogP contribution < -0.4 is 9.64 Å². The molecule has 0 fully saturated rings. The molecule has 0 saturated carbocycles. The van der Waals surface area contributed by atoms with Gasteiger partial charge in [-0.2, -0.15) is 0 Å². The summed E-state index contributed by atoms with van der Waals surface area (Å²) in [4.78, 5) is 12.0. The summed E-state index contributed by atoms with van der Waals surface area (Å²) in [7, 11) is 0.